The van der Waals surface area contributed by atoms with Crippen LogP contribution in [-0.2, 0) is 14.3 Å². The standard InChI is InChI=1S/C34H43N5O4/c1-2-34(40)43-25-10-8-6-4-3-5-7-9-24-42-33-21-17-31(18-22-33)38-36-29-13-11-28(12-14-29)35-37-30-15-19-32(20-16-30)39-23-26-41-27-39/h11-22H,2-10,23-27H2,1H3. The Bertz CT molecular complexity index is 1270. The second kappa shape index (κ2) is 18.4. The molecule has 228 valence electrons. The van der Waals surface area contributed by atoms with Gasteiger partial charge >= 0.3 is 5.97 Å². The van der Waals surface area contributed by atoms with E-state index in [4.69, 9.17) is 14.2 Å². The van der Waals surface area contributed by atoms with E-state index < -0.39 is 0 Å². The third-order valence-corrected chi connectivity index (χ3v) is 7.07. The van der Waals surface area contributed by atoms with E-state index in [1.807, 2.05) is 79.7 Å². The molecule has 1 aliphatic heterocycles. The van der Waals surface area contributed by atoms with Crippen molar-refractivity contribution in [3.05, 3.63) is 72.8 Å². The van der Waals surface area contributed by atoms with Crippen molar-refractivity contribution in [2.75, 3.05) is 38.0 Å². The van der Waals surface area contributed by atoms with Crippen LogP contribution in [0.2, 0.25) is 0 Å². The number of anilines is 1. The van der Waals surface area contributed by atoms with Crippen LogP contribution in [0.4, 0.5) is 28.4 Å². The molecule has 0 N–H and O–H groups in total. The molecule has 1 fully saturated rings. The maximum Gasteiger partial charge on any atom is 0.305 e. The van der Waals surface area contributed by atoms with E-state index in [-0.39, 0.29) is 5.97 Å². The number of hydrogen-bond donors (Lipinski definition) is 0. The number of esters is 1. The van der Waals surface area contributed by atoms with Crippen molar-refractivity contribution in [3.8, 4) is 5.75 Å². The molecule has 43 heavy (non-hydrogen) atoms. The normalized spacial score (nSPS) is 13.3. The largest absolute Gasteiger partial charge is 0.494 e. The average molecular weight is 586 g/mol. The lowest BCUT2D eigenvalue weighted by molar-refractivity contribution is -0.143. The highest BCUT2D eigenvalue weighted by molar-refractivity contribution is 5.68. The summed E-state index contributed by atoms with van der Waals surface area (Å²) in [7, 11) is 0. The molecule has 0 bridgehead atoms. The Morgan fingerprint density at radius 2 is 1.14 bits per heavy atom. The van der Waals surface area contributed by atoms with Gasteiger partial charge in [0.25, 0.3) is 0 Å². The zero-order chi connectivity index (χ0) is 30.0. The minimum atomic E-state index is -0.103. The maximum absolute atomic E-state index is 11.1. The highest BCUT2D eigenvalue weighted by Gasteiger charge is 2.12. The van der Waals surface area contributed by atoms with Crippen LogP contribution in [0.5, 0.6) is 5.75 Å². The van der Waals surface area contributed by atoms with Crippen LogP contribution < -0.4 is 9.64 Å². The molecule has 0 saturated carbocycles. The molecule has 0 amide bonds. The summed E-state index contributed by atoms with van der Waals surface area (Å²) in [5, 5.41) is 17.3. The van der Waals surface area contributed by atoms with E-state index in [1.54, 1.807) is 0 Å². The molecule has 1 heterocycles. The molecular weight excluding hydrogens is 542 g/mol. The summed E-state index contributed by atoms with van der Waals surface area (Å²) in [5.74, 6) is 0.742. The molecule has 0 atom stereocenters. The number of unbranched alkanes of at least 4 members (excludes halogenated alkanes) is 7. The average Bonchev–Trinajstić information content (AvgIpc) is 3.60. The topological polar surface area (TPSA) is 97.4 Å². The quantitative estimate of drug-likeness (QED) is 0.0841. The van der Waals surface area contributed by atoms with Crippen molar-refractivity contribution in [1.82, 2.24) is 0 Å². The highest BCUT2D eigenvalue weighted by Crippen LogP contribution is 2.26. The van der Waals surface area contributed by atoms with Gasteiger partial charge in [-0.05, 0) is 85.6 Å². The summed E-state index contributed by atoms with van der Waals surface area (Å²) in [6.45, 7) is 5.41. The van der Waals surface area contributed by atoms with Crippen LogP contribution in [0, 0.1) is 0 Å². The Labute approximate surface area is 255 Å². The summed E-state index contributed by atoms with van der Waals surface area (Å²) in [6, 6.07) is 23.2. The number of nitrogens with zero attached hydrogens (tertiary/aromatic N) is 5. The number of carbonyl (C=O) groups excluding carboxylic acids is 1. The summed E-state index contributed by atoms with van der Waals surface area (Å²) in [6.07, 6.45) is 9.67. The fraction of sp³-hybridized carbons (Fsp3) is 0.441. The molecular formula is C34H43N5O4. The van der Waals surface area contributed by atoms with Gasteiger partial charge in [0.2, 0.25) is 0 Å². The Kier molecular flexibility index (Phi) is 13.6. The number of azo groups is 2. The smallest absolute Gasteiger partial charge is 0.305 e. The van der Waals surface area contributed by atoms with Crippen molar-refractivity contribution in [2.24, 2.45) is 20.5 Å². The van der Waals surface area contributed by atoms with Crippen LogP contribution >= 0.6 is 0 Å². The van der Waals surface area contributed by atoms with E-state index in [1.165, 1.54) is 32.1 Å². The molecule has 1 saturated heterocycles. The van der Waals surface area contributed by atoms with E-state index in [2.05, 4.69) is 25.4 Å². The molecule has 0 aromatic heterocycles. The number of carbonyl (C=O) groups is 1. The van der Waals surface area contributed by atoms with Gasteiger partial charge < -0.3 is 19.1 Å². The number of hydrogen-bond acceptors (Lipinski definition) is 9. The number of rotatable bonds is 18. The molecule has 9 heteroatoms. The lowest BCUT2D eigenvalue weighted by atomic mass is 10.1. The molecule has 9 nitrogen and oxygen atoms in total. The minimum Gasteiger partial charge on any atom is -0.494 e. The van der Waals surface area contributed by atoms with Crippen molar-refractivity contribution < 1.29 is 19.0 Å². The minimum absolute atomic E-state index is 0.103. The Hall–Kier alpha value is -4.11. The third-order valence-electron chi connectivity index (χ3n) is 7.07. The van der Waals surface area contributed by atoms with Crippen molar-refractivity contribution in [1.29, 1.82) is 0 Å². The lowest BCUT2D eigenvalue weighted by Crippen LogP contribution is -2.17. The second-order valence-corrected chi connectivity index (χ2v) is 10.5. The van der Waals surface area contributed by atoms with Gasteiger partial charge in [-0.2, -0.15) is 20.5 Å². The summed E-state index contributed by atoms with van der Waals surface area (Å²) < 4.78 is 16.4. The predicted molar refractivity (Wildman–Crippen MR) is 170 cm³/mol. The molecule has 3 aromatic carbocycles. The molecule has 1 aliphatic rings. The SMILES string of the molecule is CCC(=O)OCCCCCCCCCCOc1ccc(N=Nc2ccc(N=Nc3ccc(N4CCOC4)cc3)cc2)cc1. The van der Waals surface area contributed by atoms with E-state index >= 15 is 0 Å². The molecule has 0 unspecified atom stereocenters. The Balaban J connectivity index is 1.07. The van der Waals surface area contributed by atoms with Gasteiger partial charge in [0, 0.05) is 18.7 Å². The first-order valence-electron chi connectivity index (χ1n) is 15.4. The number of benzene rings is 3. The first-order chi connectivity index (χ1) is 21.2. The zero-order valence-corrected chi connectivity index (χ0v) is 25.2. The zero-order valence-electron chi connectivity index (χ0n) is 25.2. The van der Waals surface area contributed by atoms with Crippen LogP contribution in [0.3, 0.4) is 0 Å². The summed E-state index contributed by atoms with van der Waals surface area (Å²) >= 11 is 0. The van der Waals surface area contributed by atoms with Gasteiger partial charge in [0.1, 0.15) is 12.5 Å². The molecule has 0 spiro atoms. The molecule has 4 rings (SSSR count). The molecule has 0 radical (unpaired) electrons. The highest BCUT2D eigenvalue weighted by atomic mass is 16.5. The summed E-state index contributed by atoms with van der Waals surface area (Å²) in [5.41, 5.74) is 4.19. The number of ether oxygens (including phenoxy) is 3. The summed E-state index contributed by atoms with van der Waals surface area (Å²) in [4.78, 5) is 13.3. The van der Waals surface area contributed by atoms with Gasteiger partial charge in [0.05, 0.1) is 42.6 Å². The van der Waals surface area contributed by atoms with Gasteiger partial charge in [0.15, 0.2) is 0 Å². The molecule has 0 aliphatic carbocycles. The van der Waals surface area contributed by atoms with E-state index in [0.29, 0.717) is 26.4 Å². The van der Waals surface area contributed by atoms with Crippen LogP contribution in [0.25, 0.3) is 0 Å². The first kappa shape index (κ1) is 31.8. The first-order valence-corrected chi connectivity index (χ1v) is 15.4. The fourth-order valence-electron chi connectivity index (χ4n) is 4.52. The lowest BCUT2D eigenvalue weighted by Gasteiger charge is -2.15. The monoisotopic (exact) mass is 585 g/mol. The Morgan fingerprint density at radius 3 is 1.63 bits per heavy atom. The van der Waals surface area contributed by atoms with Crippen molar-refractivity contribution in [2.45, 2.75) is 64.7 Å². The second-order valence-electron chi connectivity index (χ2n) is 10.5. The van der Waals surface area contributed by atoms with Crippen LogP contribution in [0.15, 0.2) is 93.3 Å². The molecule has 3 aromatic rings. The third kappa shape index (κ3) is 12.0. The van der Waals surface area contributed by atoms with Gasteiger partial charge in [-0.15, -0.1) is 0 Å². The van der Waals surface area contributed by atoms with E-state index in [0.717, 1.165) is 66.6 Å². The van der Waals surface area contributed by atoms with E-state index in [9.17, 15) is 4.79 Å². The Morgan fingerprint density at radius 1 is 0.674 bits per heavy atom. The van der Waals surface area contributed by atoms with Crippen LogP contribution in [-0.4, -0.2) is 39.1 Å². The van der Waals surface area contributed by atoms with Crippen molar-refractivity contribution >= 4 is 34.4 Å². The van der Waals surface area contributed by atoms with Gasteiger partial charge in [-0.25, -0.2) is 0 Å². The maximum atomic E-state index is 11.1. The fourth-order valence-corrected chi connectivity index (χ4v) is 4.52. The van der Waals surface area contributed by atoms with Crippen LogP contribution in [0.1, 0.15) is 64.7 Å². The van der Waals surface area contributed by atoms with Gasteiger partial charge in [-0.1, -0.05) is 45.4 Å². The van der Waals surface area contributed by atoms with Crippen molar-refractivity contribution in [3.63, 3.8) is 0 Å². The predicted octanol–water partition coefficient (Wildman–Crippen LogP) is 9.76. The van der Waals surface area contributed by atoms with Gasteiger partial charge in [-0.3, -0.25) is 4.79 Å².